The average Bonchev–Trinajstić information content (AvgIpc) is 3.29. The van der Waals surface area contributed by atoms with E-state index in [1.165, 1.54) is 16.0 Å². The number of benzene rings is 3. The maximum atomic E-state index is 6.26. The van der Waals surface area contributed by atoms with E-state index in [0.717, 1.165) is 39.2 Å². The van der Waals surface area contributed by atoms with Crippen LogP contribution in [0, 0.1) is 19.1 Å². The Bertz CT molecular complexity index is 1570. The summed E-state index contributed by atoms with van der Waals surface area (Å²) in [5, 5.41) is 3.81. The summed E-state index contributed by atoms with van der Waals surface area (Å²) in [6.45, 7) is 9.13. The Morgan fingerprint density at radius 1 is 0.784 bits per heavy atom. The monoisotopic (exact) mass is 677 g/mol. The van der Waals surface area contributed by atoms with Gasteiger partial charge in [0.05, 0.1) is 5.58 Å². The summed E-state index contributed by atoms with van der Waals surface area (Å²) < 4.78 is 6.26. The second-order valence-electron chi connectivity index (χ2n) is 9.84. The average molecular weight is 677 g/mol. The van der Waals surface area contributed by atoms with Gasteiger partial charge in [0, 0.05) is 46.0 Å². The molecule has 0 saturated carbocycles. The van der Waals surface area contributed by atoms with Crippen molar-refractivity contribution in [3.05, 3.63) is 115 Å². The molecule has 187 valence electrons. The van der Waals surface area contributed by atoms with Gasteiger partial charge in [-0.05, 0) is 36.0 Å². The molecule has 3 aromatic heterocycles. The van der Waals surface area contributed by atoms with Gasteiger partial charge in [0.2, 0.25) is 0 Å². The van der Waals surface area contributed by atoms with Crippen molar-refractivity contribution in [2.75, 3.05) is 0 Å². The molecule has 1 radical (unpaired) electrons. The second kappa shape index (κ2) is 11.3. The predicted octanol–water partition coefficient (Wildman–Crippen LogP) is 7.85. The molecule has 37 heavy (non-hydrogen) atoms. The van der Waals surface area contributed by atoms with Crippen LogP contribution in [0.1, 0.15) is 5.56 Å². The molecular formula is C32H28IrN2OSi-2. The van der Waals surface area contributed by atoms with E-state index in [1.54, 1.807) is 6.20 Å². The third-order valence-corrected chi connectivity index (χ3v) is 8.09. The Hall–Kier alpha value is -3.37. The number of hydrogen-bond acceptors (Lipinski definition) is 3. The second-order valence-corrected chi connectivity index (χ2v) is 14.9. The molecule has 6 aromatic rings. The van der Waals surface area contributed by atoms with Crippen LogP contribution in [0.4, 0.5) is 0 Å². The van der Waals surface area contributed by atoms with Gasteiger partial charge in [-0.25, -0.2) is 0 Å². The van der Waals surface area contributed by atoms with Crippen LogP contribution in [0.3, 0.4) is 0 Å². The summed E-state index contributed by atoms with van der Waals surface area (Å²) >= 11 is 0. The molecule has 3 aromatic carbocycles. The molecule has 6 rings (SSSR count). The van der Waals surface area contributed by atoms with Crippen molar-refractivity contribution in [3.63, 3.8) is 0 Å². The fourth-order valence-electron chi connectivity index (χ4n) is 4.24. The van der Waals surface area contributed by atoms with Crippen LogP contribution >= 0.6 is 0 Å². The van der Waals surface area contributed by atoms with E-state index in [-0.39, 0.29) is 20.1 Å². The molecule has 0 spiro atoms. The Morgan fingerprint density at radius 2 is 1.57 bits per heavy atom. The first kappa shape index (κ1) is 26.7. The molecular weight excluding hydrogens is 649 g/mol. The first-order valence-corrected chi connectivity index (χ1v) is 15.6. The standard InChI is InChI=1S/C21H20NOSi.C11H8N.Ir/c1-14-9-11-17(22-13-14)15-10-12-19(24(2,3)4)20-16-7-5-6-8-18(16)23-21(15)20;1-2-6-10(7-3-1)11-8-4-5-9-12-11;/h5-9,11-13H,1-4H3;1-6,8-9H;/q2*-1;. The van der Waals surface area contributed by atoms with Gasteiger partial charge < -0.3 is 14.4 Å². The van der Waals surface area contributed by atoms with E-state index in [1.807, 2.05) is 73.8 Å². The summed E-state index contributed by atoms with van der Waals surface area (Å²) in [4.78, 5) is 8.80. The van der Waals surface area contributed by atoms with E-state index in [2.05, 4.69) is 66.0 Å². The molecule has 0 bridgehead atoms. The summed E-state index contributed by atoms with van der Waals surface area (Å²) in [5.74, 6) is 0. The van der Waals surface area contributed by atoms with Crippen molar-refractivity contribution < 1.29 is 24.5 Å². The van der Waals surface area contributed by atoms with Gasteiger partial charge >= 0.3 is 0 Å². The molecule has 3 heterocycles. The third-order valence-electron chi connectivity index (χ3n) is 6.08. The van der Waals surface area contributed by atoms with Gasteiger partial charge in [-0.2, -0.15) is 0 Å². The minimum Gasteiger partial charge on any atom is -0.501 e. The molecule has 0 aliphatic heterocycles. The van der Waals surface area contributed by atoms with E-state index >= 15 is 0 Å². The van der Waals surface area contributed by atoms with Gasteiger partial charge in [0.1, 0.15) is 5.58 Å². The summed E-state index contributed by atoms with van der Waals surface area (Å²) in [6.07, 6.45) is 3.68. The predicted molar refractivity (Wildman–Crippen MR) is 152 cm³/mol. The van der Waals surface area contributed by atoms with Gasteiger partial charge in [0.15, 0.2) is 0 Å². The summed E-state index contributed by atoms with van der Waals surface area (Å²) in [6, 6.07) is 34.8. The van der Waals surface area contributed by atoms with Crippen molar-refractivity contribution in [3.8, 4) is 22.5 Å². The zero-order valence-electron chi connectivity index (χ0n) is 21.4. The maximum absolute atomic E-state index is 6.26. The van der Waals surface area contributed by atoms with Crippen LogP contribution in [0.25, 0.3) is 44.5 Å². The molecule has 3 nitrogen and oxygen atoms in total. The molecule has 5 heteroatoms. The van der Waals surface area contributed by atoms with E-state index in [0.29, 0.717) is 0 Å². The molecule has 0 atom stereocenters. The molecule has 0 N–H and O–H groups in total. The number of aryl methyl sites for hydroxylation is 1. The smallest absolute Gasteiger partial charge is 0.120 e. The van der Waals surface area contributed by atoms with Crippen LogP contribution in [0.2, 0.25) is 19.6 Å². The number of nitrogens with zero attached hydrogens (tertiary/aromatic N) is 2. The van der Waals surface area contributed by atoms with Crippen molar-refractivity contribution in [2.24, 2.45) is 0 Å². The molecule has 0 fully saturated rings. The molecule has 0 saturated heterocycles. The number of rotatable bonds is 3. The summed E-state index contributed by atoms with van der Waals surface area (Å²) in [5.41, 5.74) is 6.86. The van der Waals surface area contributed by atoms with Gasteiger partial charge in [-0.15, -0.1) is 53.2 Å². The molecule has 0 aliphatic rings. The minimum atomic E-state index is -1.52. The molecule has 0 amide bonds. The van der Waals surface area contributed by atoms with Crippen LogP contribution in [-0.2, 0) is 20.1 Å². The largest absolute Gasteiger partial charge is 0.501 e. The van der Waals surface area contributed by atoms with Crippen molar-refractivity contribution in [1.29, 1.82) is 0 Å². The zero-order valence-corrected chi connectivity index (χ0v) is 24.8. The maximum Gasteiger partial charge on any atom is 0.120 e. The number of fused-ring (bicyclic) bond motifs is 3. The Balaban J connectivity index is 0.000000208. The number of furan rings is 1. The topological polar surface area (TPSA) is 38.9 Å². The Morgan fingerprint density at radius 3 is 2.24 bits per heavy atom. The SMILES string of the molecule is Cc1ccc(-c2[c-]cc([Si](C)(C)C)c3c2oc2ccccc23)nc1.[Ir].[c-]1ccccc1-c1ccccn1. The van der Waals surface area contributed by atoms with Crippen molar-refractivity contribution >= 4 is 35.2 Å². The Kier molecular flexibility index (Phi) is 8.18. The third kappa shape index (κ3) is 5.80. The van der Waals surface area contributed by atoms with E-state index < -0.39 is 8.07 Å². The number of hydrogen-bond donors (Lipinski definition) is 0. The molecule has 0 unspecified atom stereocenters. The number of para-hydroxylation sites is 1. The van der Waals surface area contributed by atoms with E-state index in [9.17, 15) is 0 Å². The van der Waals surface area contributed by atoms with Gasteiger partial charge in [-0.3, -0.25) is 0 Å². The van der Waals surface area contributed by atoms with Crippen LogP contribution in [0.15, 0.2) is 102 Å². The minimum absolute atomic E-state index is 0. The van der Waals surface area contributed by atoms with Gasteiger partial charge in [0.25, 0.3) is 0 Å². The fourth-order valence-corrected chi connectivity index (χ4v) is 5.75. The van der Waals surface area contributed by atoms with Crippen LogP contribution in [0.5, 0.6) is 0 Å². The van der Waals surface area contributed by atoms with E-state index in [4.69, 9.17) is 4.42 Å². The zero-order chi connectivity index (χ0) is 25.1. The van der Waals surface area contributed by atoms with Crippen LogP contribution < -0.4 is 5.19 Å². The van der Waals surface area contributed by atoms with Crippen molar-refractivity contribution in [1.82, 2.24) is 9.97 Å². The number of pyridine rings is 2. The first-order valence-electron chi connectivity index (χ1n) is 12.1. The quantitative estimate of drug-likeness (QED) is 0.142. The normalized spacial score (nSPS) is 11.0. The van der Waals surface area contributed by atoms with Crippen molar-refractivity contribution in [2.45, 2.75) is 26.6 Å². The number of aromatic nitrogens is 2. The Labute approximate surface area is 233 Å². The van der Waals surface area contributed by atoms with Crippen LogP contribution in [-0.4, -0.2) is 18.0 Å². The van der Waals surface area contributed by atoms with Gasteiger partial charge in [-0.1, -0.05) is 73.1 Å². The molecule has 0 aliphatic carbocycles. The summed E-state index contributed by atoms with van der Waals surface area (Å²) in [7, 11) is -1.52. The first-order chi connectivity index (χ1) is 17.4. The fraction of sp³-hybridized carbons (Fsp3) is 0.125.